The van der Waals surface area contributed by atoms with Gasteiger partial charge in [-0.1, -0.05) is 70.5 Å². The van der Waals surface area contributed by atoms with Crippen molar-refractivity contribution in [3.8, 4) is 5.75 Å². The lowest BCUT2D eigenvalue weighted by molar-refractivity contribution is -0.140. The summed E-state index contributed by atoms with van der Waals surface area (Å²) in [7, 11) is -3.89. The number of amides is 2. The van der Waals surface area contributed by atoms with Crippen LogP contribution in [0.2, 0.25) is 0 Å². The molecule has 1 N–H and O–H groups in total. The summed E-state index contributed by atoms with van der Waals surface area (Å²) in [5, 5.41) is 2.94. The van der Waals surface area contributed by atoms with E-state index < -0.39 is 28.5 Å². The quantitative estimate of drug-likeness (QED) is 0.294. The van der Waals surface area contributed by atoms with E-state index in [1.165, 1.54) is 4.90 Å². The first-order valence-electron chi connectivity index (χ1n) is 13.1. The Bertz CT molecular complexity index is 1380. The molecule has 0 aliphatic carbocycles. The number of carbonyl (C=O) groups is 2. The summed E-state index contributed by atoms with van der Waals surface area (Å²) in [6.07, 6.45) is 1.31. The number of ether oxygens (including phenoxy) is 1. The fourth-order valence-electron chi connectivity index (χ4n) is 4.26. The third-order valence-corrected chi connectivity index (χ3v) is 7.74. The van der Waals surface area contributed by atoms with Crippen molar-refractivity contribution in [2.75, 3.05) is 23.7 Å². The van der Waals surface area contributed by atoms with Crippen molar-refractivity contribution in [3.05, 3.63) is 94.5 Å². The molecule has 0 saturated carbocycles. The van der Waals surface area contributed by atoms with Gasteiger partial charge in [0, 0.05) is 23.5 Å². The zero-order chi connectivity index (χ0) is 29.3. The van der Waals surface area contributed by atoms with E-state index in [0.717, 1.165) is 26.2 Å². The van der Waals surface area contributed by atoms with Gasteiger partial charge in [-0.15, -0.1) is 0 Å². The normalized spacial score (nSPS) is 12.1. The third-order valence-electron chi connectivity index (χ3n) is 6.08. The second-order valence-electron chi connectivity index (χ2n) is 9.69. The van der Waals surface area contributed by atoms with Gasteiger partial charge in [0.2, 0.25) is 21.8 Å². The molecule has 3 aromatic rings. The highest BCUT2D eigenvalue weighted by Gasteiger charge is 2.33. The standard InChI is InChI=1S/C30H36BrN3O5S/c1-5-39-28-14-10-9-13-26(28)34(40(4,37)38)21-29(35)33(20-24-15-17-25(31)18-16-24)27(30(36)32-22(2)3)19-23-11-7-6-8-12-23/h6-18,22,27H,5,19-21H2,1-4H3,(H,32,36)/t27-/m0/s1. The third kappa shape index (κ3) is 8.82. The van der Waals surface area contributed by atoms with E-state index in [2.05, 4.69) is 21.2 Å². The molecule has 8 nitrogen and oxygen atoms in total. The lowest BCUT2D eigenvalue weighted by Crippen LogP contribution is -2.54. The minimum Gasteiger partial charge on any atom is -0.492 e. The van der Waals surface area contributed by atoms with Crippen LogP contribution >= 0.6 is 15.9 Å². The first-order valence-corrected chi connectivity index (χ1v) is 15.7. The van der Waals surface area contributed by atoms with Crippen LogP contribution in [0.3, 0.4) is 0 Å². The van der Waals surface area contributed by atoms with Crippen molar-refractivity contribution in [2.24, 2.45) is 0 Å². The number of nitrogens with one attached hydrogen (secondary N) is 1. The Morgan fingerprint density at radius 2 is 1.55 bits per heavy atom. The van der Waals surface area contributed by atoms with Gasteiger partial charge in [-0.05, 0) is 56.2 Å². The Labute approximate surface area is 245 Å². The largest absolute Gasteiger partial charge is 0.492 e. The zero-order valence-corrected chi connectivity index (χ0v) is 25.6. The summed E-state index contributed by atoms with van der Waals surface area (Å²) in [6, 6.07) is 22.6. The molecule has 0 spiro atoms. The number of nitrogens with zero attached hydrogens (tertiary/aromatic N) is 2. The number of rotatable bonds is 13. The zero-order valence-electron chi connectivity index (χ0n) is 23.2. The topological polar surface area (TPSA) is 96.0 Å². The number of benzene rings is 3. The van der Waals surface area contributed by atoms with Crippen molar-refractivity contribution >= 4 is 43.5 Å². The number of sulfonamides is 1. The van der Waals surface area contributed by atoms with E-state index in [1.54, 1.807) is 31.2 Å². The second kappa shape index (κ2) is 14.3. The molecule has 0 saturated heterocycles. The van der Waals surface area contributed by atoms with Gasteiger partial charge >= 0.3 is 0 Å². The van der Waals surface area contributed by atoms with Gasteiger partial charge in [0.1, 0.15) is 18.3 Å². The maximum atomic E-state index is 14.1. The van der Waals surface area contributed by atoms with E-state index in [1.807, 2.05) is 68.4 Å². The summed E-state index contributed by atoms with van der Waals surface area (Å²) < 4.78 is 33.6. The van der Waals surface area contributed by atoms with Crippen molar-refractivity contribution in [3.63, 3.8) is 0 Å². The molecular formula is C30H36BrN3O5S. The lowest BCUT2D eigenvalue weighted by Gasteiger charge is -2.34. The van der Waals surface area contributed by atoms with E-state index in [0.29, 0.717) is 12.4 Å². The number of para-hydroxylation sites is 2. The molecule has 3 aromatic carbocycles. The van der Waals surface area contributed by atoms with Crippen LogP contribution < -0.4 is 14.4 Å². The maximum absolute atomic E-state index is 14.1. The number of anilines is 1. The monoisotopic (exact) mass is 629 g/mol. The molecule has 0 heterocycles. The van der Waals surface area contributed by atoms with Crippen LogP contribution in [-0.2, 0) is 32.6 Å². The average molecular weight is 631 g/mol. The van der Waals surface area contributed by atoms with E-state index in [-0.39, 0.29) is 30.6 Å². The Balaban J connectivity index is 2.07. The summed E-state index contributed by atoms with van der Waals surface area (Å²) in [4.78, 5) is 29.2. The van der Waals surface area contributed by atoms with Gasteiger partial charge in [0.05, 0.1) is 18.6 Å². The highest BCUT2D eigenvalue weighted by Crippen LogP contribution is 2.30. The van der Waals surface area contributed by atoms with Crippen LogP contribution in [0.4, 0.5) is 5.69 Å². The van der Waals surface area contributed by atoms with Crippen molar-refractivity contribution in [1.82, 2.24) is 10.2 Å². The van der Waals surface area contributed by atoms with Gasteiger partial charge < -0.3 is 15.0 Å². The van der Waals surface area contributed by atoms with E-state index in [9.17, 15) is 18.0 Å². The fraction of sp³-hybridized carbons (Fsp3) is 0.333. The van der Waals surface area contributed by atoms with Crippen molar-refractivity contribution in [1.29, 1.82) is 0 Å². The van der Waals surface area contributed by atoms with Crippen molar-refractivity contribution in [2.45, 2.75) is 45.8 Å². The highest BCUT2D eigenvalue weighted by molar-refractivity contribution is 9.10. The van der Waals surface area contributed by atoms with E-state index in [4.69, 9.17) is 4.74 Å². The molecule has 2 amide bonds. The molecule has 40 heavy (non-hydrogen) atoms. The molecule has 1 atom stereocenters. The predicted molar refractivity (Wildman–Crippen MR) is 162 cm³/mol. The molecule has 10 heteroatoms. The van der Waals surface area contributed by atoms with Crippen LogP contribution in [-0.4, -0.2) is 56.6 Å². The molecule has 0 aliphatic rings. The molecule has 0 bridgehead atoms. The van der Waals surface area contributed by atoms with Crippen molar-refractivity contribution < 1.29 is 22.7 Å². The molecule has 0 fully saturated rings. The maximum Gasteiger partial charge on any atom is 0.244 e. The van der Waals surface area contributed by atoms with E-state index >= 15 is 0 Å². The first-order chi connectivity index (χ1) is 19.0. The SMILES string of the molecule is CCOc1ccccc1N(CC(=O)N(Cc1ccc(Br)cc1)[C@@H](Cc1ccccc1)C(=O)NC(C)C)S(C)(=O)=O. The van der Waals surface area contributed by atoms with Gasteiger partial charge in [-0.25, -0.2) is 8.42 Å². The molecule has 0 aromatic heterocycles. The fourth-order valence-corrected chi connectivity index (χ4v) is 5.37. The highest BCUT2D eigenvalue weighted by atomic mass is 79.9. The van der Waals surface area contributed by atoms with Gasteiger partial charge in [0.25, 0.3) is 0 Å². The minimum atomic E-state index is -3.89. The Morgan fingerprint density at radius 1 is 0.925 bits per heavy atom. The Morgan fingerprint density at radius 3 is 2.15 bits per heavy atom. The molecule has 214 valence electrons. The summed E-state index contributed by atoms with van der Waals surface area (Å²) >= 11 is 3.43. The van der Waals surface area contributed by atoms with Gasteiger partial charge in [-0.2, -0.15) is 0 Å². The number of hydrogen-bond acceptors (Lipinski definition) is 5. The average Bonchev–Trinajstić information content (AvgIpc) is 2.90. The number of carbonyl (C=O) groups excluding carboxylic acids is 2. The molecule has 0 unspecified atom stereocenters. The predicted octanol–water partition coefficient (Wildman–Crippen LogP) is 4.78. The number of halogens is 1. The van der Waals surface area contributed by atoms with Crippen LogP contribution in [0, 0.1) is 0 Å². The van der Waals surface area contributed by atoms with Gasteiger partial charge in [-0.3, -0.25) is 13.9 Å². The smallest absolute Gasteiger partial charge is 0.244 e. The molecule has 3 rings (SSSR count). The second-order valence-corrected chi connectivity index (χ2v) is 12.5. The van der Waals surface area contributed by atoms with Crippen LogP contribution in [0.25, 0.3) is 0 Å². The minimum absolute atomic E-state index is 0.111. The Hall–Kier alpha value is -3.37. The lowest BCUT2D eigenvalue weighted by atomic mass is 10.0. The van der Waals surface area contributed by atoms with Crippen LogP contribution in [0.5, 0.6) is 5.75 Å². The van der Waals surface area contributed by atoms with Gasteiger partial charge in [0.15, 0.2) is 0 Å². The molecular weight excluding hydrogens is 594 g/mol. The summed E-state index contributed by atoms with van der Waals surface area (Å²) in [5.74, 6) is -0.481. The van der Waals surface area contributed by atoms with Crippen LogP contribution in [0.1, 0.15) is 31.9 Å². The summed E-state index contributed by atoms with van der Waals surface area (Å²) in [6.45, 7) is 5.45. The first kappa shape index (κ1) is 31.2. The molecule has 0 aliphatic heterocycles. The summed E-state index contributed by atoms with van der Waals surface area (Å²) in [5.41, 5.74) is 1.93. The molecule has 0 radical (unpaired) electrons. The number of hydrogen-bond donors (Lipinski definition) is 1. The Kier molecular flexibility index (Phi) is 11.2. The van der Waals surface area contributed by atoms with Crippen LogP contribution in [0.15, 0.2) is 83.3 Å².